The molecule has 9 heteroatoms. The van der Waals surface area contributed by atoms with Gasteiger partial charge in [0.25, 0.3) is 0 Å². The number of hydrogen-bond donors (Lipinski definition) is 0. The van der Waals surface area contributed by atoms with E-state index in [1.807, 2.05) is 0 Å². The molecule has 1 heterocycles. The smallest absolute Gasteiger partial charge is 0.338 e. The van der Waals surface area contributed by atoms with Crippen LogP contribution in [-0.4, -0.2) is 39.8 Å². The molecule has 1 saturated heterocycles. The number of carbonyl (C=O) groups excluding carboxylic acids is 4. The van der Waals surface area contributed by atoms with Gasteiger partial charge in [-0.1, -0.05) is 59.9 Å². The molecule has 170 valence electrons. The average molecular weight is 640 g/mol. The summed E-state index contributed by atoms with van der Waals surface area (Å²) in [5, 5.41) is 0. The van der Waals surface area contributed by atoms with Crippen molar-refractivity contribution in [2.24, 2.45) is 23.7 Å². The molecular weight excluding hydrogens is 622 g/mol. The molecule has 0 radical (unpaired) electrons. The minimum Gasteiger partial charge on any atom is -0.454 e. The third-order valence-electron chi connectivity index (χ3n) is 6.85. The molecule has 2 aliphatic carbocycles. The Labute approximate surface area is 215 Å². The Morgan fingerprint density at radius 1 is 0.848 bits per heavy atom. The maximum absolute atomic E-state index is 13.1. The summed E-state index contributed by atoms with van der Waals surface area (Å²) in [5.41, 5.74) is 1.13. The molecule has 2 aromatic carbocycles. The van der Waals surface area contributed by atoms with E-state index in [0.29, 0.717) is 11.3 Å². The van der Waals surface area contributed by atoms with Crippen LogP contribution in [-0.2, 0) is 14.3 Å². The zero-order chi connectivity index (χ0) is 23.4. The molecule has 2 bridgehead atoms. The predicted octanol–water partition coefficient (Wildman–Crippen LogP) is 4.77. The van der Waals surface area contributed by atoms with Gasteiger partial charge in [-0.25, -0.2) is 4.79 Å². The number of Topliss-reactive ketones (excluding diaryl/α,β-unsaturated/α-hetero) is 1. The summed E-state index contributed by atoms with van der Waals surface area (Å²) in [7, 11) is 0. The fourth-order valence-electron chi connectivity index (χ4n) is 5.28. The minimum atomic E-state index is -0.648. The molecule has 3 fully saturated rings. The Bertz CT molecular complexity index is 1120. The van der Waals surface area contributed by atoms with Gasteiger partial charge in [-0.15, -0.1) is 0 Å². The van der Waals surface area contributed by atoms with Crippen LogP contribution >= 0.6 is 47.8 Å². The van der Waals surface area contributed by atoms with Gasteiger partial charge < -0.3 is 4.74 Å². The van der Waals surface area contributed by atoms with Gasteiger partial charge in [0, 0.05) is 19.7 Å². The number of imide groups is 1. The monoisotopic (exact) mass is 637 g/mol. The van der Waals surface area contributed by atoms with Gasteiger partial charge in [0.05, 0.1) is 23.1 Å². The van der Waals surface area contributed by atoms with Gasteiger partial charge in [0.2, 0.25) is 11.8 Å². The first-order valence-corrected chi connectivity index (χ1v) is 13.1. The normalized spacial score (nSPS) is 30.0. The number of alkyl halides is 2. The van der Waals surface area contributed by atoms with Gasteiger partial charge in [0.1, 0.15) is 0 Å². The van der Waals surface area contributed by atoms with Crippen molar-refractivity contribution in [3.63, 3.8) is 0 Å². The molecule has 2 aromatic rings. The van der Waals surface area contributed by atoms with Crippen LogP contribution in [0.25, 0.3) is 0 Å². The molecular formula is C24H18Br3NO5. The van der Waals surface area contributed by atoms with E-state index in [2.05, 4.69) is 47.8 Å². The highest BCUT2D eigenvalue weighted by atomic mass is 79.9. The number of carbonyl (C=O) groups is 4. The highest BCUT2D eigenvalue weighted by molar-refractivity contribution is 9.12. The van der Waals surface area contributed by atoms with Gasteiger partial charge >= 0.3 is 5.97 Å². The molecule has 33 heavy (non-hydrogen) atoms. The molecule has 1 aliphatic heterocycles. The van der Waals surface area contributed by atoms with Crippen molar-refractivity contribution in [3.8, 4) is 0 Å². The maximum atomic E-state index is 13.1. The fourth-order valence-corrected chi connectivity index (χ4v) is 7.42. The van der Waals surface area contributed by atoms with Gasteiger partial charge in [0.15, 0.2) is 12.4 Å². The van der Waals surface area contributed by atoms with Crippen LogP contribution < -0.4 is 4.90 Å². The Hall–Kier alpha value is -1.84. The van der Waals surface area contributed by atoms with Gasteiger partial charge in [-0.3, -0.25) is 19.3 Å². The second kappa shape index (κ2) is 8.74. The van der Waals surface area contributed by atoms with Crippen LogP contribution in [0.4, 0.5) is 5.69 Å². The van der Waals surface area contributed by atoms with Crippen LogP contribution in [0.15, 0.2) is 53.0 Å². The number of ketones is 1. The average Bonchev–Trinajstić information content (AvgIpc) is 3.42. The van der Waals surface area contributed by atoms with Gasteiger partial charge in [-0.05, 0) is 54.7 Å². The van der Waals surface area contributed by atoms with Crippen molar-refractivity contribution in [1.82, 2.24) is 0 Å². The summed E-state index contributed by atoms with van der Waals surface area (Å²) < 4.78 is 5.99. The molecule has 2 amide bonds. The first kappa shape index (κ1) is 22.9. The third-order valence-corrected chi connectivity index (χ3v) is 10.6. The quantitative estimate of drug-likeness (QED) is 0.204. The van der Waals surface area contributed by atoms with E-state index in [9.17, 15) is 19.2 Å². The molecule has 6 nitrogen and oxygen atoms in total. The molecule has 3 aliphatic rings. The second-order valence-electron chi connectivity index (χ2n) is 8.57. The van der Waals surface area contributed by atoms with Crippen LogP contribution in [0.1, 0.15) is 27.1 Å². The Morgan fingerprint density at radius 3 is 1.91 bits per heavy atom. The van der Waals surface area contributed by atoms with E-state index in [1.54, 1.807) is 36.4 Å². The third kappa shape index (κ3) is 3.82. The molecule has 0 N–H and O–H groups in total. The molecule has 0 spiro atoms. The number of anilines is 1. The maximum Gasteiger partial charge on any atom is 0.338 e. The molecule has 0 aromatic heterocycles. The largest absolute Gasteiger partial charge is 0.454 e. The van der Waals surface area contributed by atoms with Crippen LogP contribution in [0.3, 0.4) is 0 Å². The number of fused-ring (bicyclic) bond motifs is 5. The lowest BCUT2D eigenvalue weighted by Gasteiger charge is -2.28. The van der Waals surface area contributed by atoms with Crippen molar-refractivity contribution in [2.45, 2.75) is 16.1 Å². The number of rotatable bonds is 5. The first-order chi connectivity index (χ1) is 15.8. The number of ether oxygens (including phenoxy) is 1. The van der Waals surface area contributed by atoms with E-state index >= 15 is 0 Å². The van der Waals surface area contributed by atoms with E-state index in [0.717, 1.165) is 10.9 Å². The lowest BCUT2D eigenvalue weighted by molar-refractivity contribution is -0.123. The van der Waals surface area contributed by atoms with Crippen molar-refractivity contribution < 1.29 is 23.9 Å². The van der Waals surface area contributed by atoms with Crippen molar-refractivity contribution in [3.05, 3.63) is 64.1 Å². The van der Waals surface area contributed by atoms with E-state index in [1.165, 1.54) is 17.0 Å². The topological polar surface area (TPSA) is 80.8 Å². The Morgan fingerprint density at radius 2 is 1.36 bits per heavy atom. The summed E-state index contributed by atoms with van der Waals surface area (Å²) in [6.07, 6.45) is 0.871. The number of benzene rings is 2. The highest BCUT2D eigenvalue weighted by Gasteiger charge is 2.66. The summed E-state index contributed by atoms with van der Waals surface area (Å²) in [6.45, 7) is -0.376. The first-order valence-electron chi connectivity index (χ1n) is 10.5. The summed E-state index contributed by atoms with van der Waals surface area (Å²) in [6, 6.07) is 12.9. The summed E-state index contributed by atoms with van der Waals surface area (Å²) >= 11 is 10.7. The lowest BCUT2D eigenvalue weighted by atomic mass is 9.81. The molecule has 2 saturated carbocycles. The van der Waals surface area contributed by atoms with Crippen molar-refractivity contribution in [2.75, 3.05) is 11.5 Å². The van der Waals surface area contributed by atoms with E-state index in [4.69, 9.17) is 4.74 Å². The van der Waals surface area contributed by atoms with Gasteiger partial charge in [-0.2, -0.15) is 0 Å². The zero-order valence-electron chi connectivity index (χ0n) is 17.1. The summed E-state index contributed by atoms with van der Waals surface area (Å²) in [4.78, 5) is 52.5. The number of hydrogen-bond acceptors (Lipinski definition) is 5. The second-order valence-corrected chi connectivity index (χ2v) is 11.6. The van der Waals surface area contributed by atoms with E-state index in [-0.39, 0.29) is 63.1 Å². The minimum absolute atomic E-state index is 0.142. The molecule has 0 unspecified atom stereocenters. The fraction of sp³-hybridized carbons (Fsp3) is 0.333. The van der Waals surface area contributed by atoms with E-state index < -0.39 is 5.97 Å². The van der Waals surface area contributed by atoms with Crippen LogP contribution in [0, 0.1) is 23.7 Å². The zero-order valence-corrected chi connectivity index (χ0v) is 21.9. The standard InChI is InChI=1S/C24H18Br3NO5/c25-13-5-1-11(2-6-13)17(29)10-33-24(32)12-3-7-14(8-4-12)28-22(30)18-15-9-16(19(18)23(28)31)21(27)20(15)26/h1-8,15-16,18-21H,9-10H2/t15-,16-,18-,19+,20+,21+/m1/s1. The summed E-state index contributed by atoms with van der Waals surface area (Å²) in [5.74, 6) is -1.60. The number of nitrogens with zero attached hydrogens (tertiary/aromatic N) is 1. The Kier molecular flexibility index (Phi) is 6.07. The van der Waals surface area contributed by atoms with Crippen LogP contribution in [0.5, 0.6) is 0 Å². The SMILES string of the molecule is O=C(COC(=O)c1ccc(N2C(=O)[C@@H]3[C@H]4C[C@@H]([C@H](Br)[C@H]4Br)[C@@H]3C2=O)cc1)c1ccc(Br)cc1. The number of amides is 2. The number of halogens is 3. The lowest BCUT2D eigenvalue weighted by Crippen LogP contribution is -2.37. The molecule has 6 atom stereocenters. The van der Waals surface area contributed by atoms with Crippen molar-refractivity contribution >= 4 is 77.0 Å². The van der Waals surface area contributed by atoms with Crippen LogP contribution in [0.2, 0.25) is 0 Å². The number of esters is 1. The highest BCUT2D eigenvalue weighted by Crippen LogP contribution is 2.60. The Balaban J connectivity index is 1.26. The predicted molar refractivity (Wildman–Crippen MR) is 132 cm³/mol. The molecule has 5 rings (SSSR count). The van der Waals surface area contributed by atoms with Crippen molar-refractivity contribution in [1.29, 1.82) is 0 Å².